The number of rotatable bonds is 6. The van der Waals surface area contributed by atoms with Crippen molar-refractivity contribution in [2.24, 2.45) is 23.2 Å². The summed E-state index contributed by atoms with van der Waals surface area (Å²) in [5.74, 6) is 2.46. The average molecular weight is 354 g/mol. The van der Waals surface area contributed by atoms with Crippen molar-refractivity contribution in [3.8, 4) is 0 Å². The number of anilines is 1. The lowest BCUT2D eigenvalue weighted by molar-refractivity contribution is -0.140. The molecule has 5 rings (SSSR count). The fourth-order valence-corrected chi connectivity index (χ4v) is 5.84. The Morgan fingerprint density at radius 1 is 1.00 bits per heavy atom. The lowest BCUT2D eigenvalue weighted by atomic mass is 9.49. The summed E-state index contributed by atoms with van der Waals surface area (Å²) < 4.78 is 0. The van der Waals surface area contributed by atoms with Crippen LogP contribution in [0.4, 0.5) is 5.69 Å². The molecular weight excluding hydrogens is 324 g/mol. The van der Waals surface area contributed by atoms with Gasteiger partial charge in [0.2, 0.25) is 5.91 Å². The first-order chi connectivity index (χ1) is 12.6. The minimum Gasteiger partial charge on any atom is -0.352 e. The second-order valence-electron chi connectivity index (χ2n) is 8.84. The van der Waals surface area contributed by atoms with Gasteiger partial charge < -0.3 is 10.6 Å². The van der Waals surface area contributed by atoms with Crippen LogP contribution in [-0.2, 0) is 4.79 Å². The topological polar surface area (TPSA) is 58.2 Å². The van der Waals surface area contributed by atoms with Crippen LogP contribution in [0.1, 0.15) is 68.6 Å². The summed E-state index contributed by atoms with van der Waals surface area (Å²) in [4.78, 5) is 25.2. The fraction of sp³-hybridized carbons (Fsp3) is 0.636. The van der Waals surface area contributed by atoms with Crippen LogP contribution in [0.2, 0.25) is 0 Å². The summed E-state index contributed by atoms with van der Waals surface area (Å²) >= 11 is 0. The third kappa shape index (κ3) is 3.38. The molecule has 26 heavy (non-hydrogen) atoms. The first-order valence-corrected chi connectivity index (χ1v) is 10.3. The van der Waals surface area contributed by atoms with Gasteiger partial charge in [-0.25, -0.2) is 0 Å². The lowest BCUT2D eigenvalue weighted by Crippen LogP contribution is -2.51. The molecule has 4 aliphatic carbocycles. The molecule has 0 aliphatic heterocycles. The zero-order chi connectivity index (χ0) is 18.1. The van der Waals surface area contributed by atoms with E-state index < -0.39 is 0 Å². The fourth-order valence-electron chi connectivity index (χ4n) is 5.84. The third-order valence-corrected chi connectivity index (χ3v) is 6.74. The highest BCUT2D eigenvalue weighted by molar-refractivity contribution is 5.97. The quantitative estimate of drug-likeness (QED) is 0.745. The van der Waals surface area contributed by atoms with Crippen LogP contribution in [0.3, 0.4) is 0 Å². The molecule has 0 aromatic heterocycles. The van der Waals surface area contributed by atoms with Crippen LogP contribution in [0.25, 0.3) is 0 Å². The highest BCUT2D eigenvalue weighted by Crippen LogP contribution is 2.60. The van der Waals surface area contributed by atoms with Crippen molar-refractivity contribution in [1.29, 1.82) is 0 Å². The Labute approximate surface area is 156 Å². The van der Waals surface area contributed by atoms with Crippen LogP contribution in [0.5, 0.6) is 0 Å². The number of hydrogen-bond donors (Lipinski definition) is 2. The monoisotopic (exact) mass is 354 g/mol. The van der Waals surface area contributed by atoms with Crippen molar-refractivity contribution in [3.05, 3.63) is 29.8 Å². The van der Waals surface area contributed by atoms with E-state index in [2.05, 4.69) is 17.6 Å². The van der Waals surface area contributed by atoms with Crippen molar-refractivity contribution in [2.45, 2.75) is 58.3 Å². The van der Waals surface area contributed by atoms with Crippen molar-refractivity contribution in [3.63, 3.8) is 0 Å². The van der Waals surface area contributed by atoms with Gasteiger partial charge in [0.1, 0.15) is 0 Å². The highest BCUT2D eigenvalue weighted by atomic mass is 16.2. The third-order valence-electron chi connectivity index (χ3n) is 6.74. The van der Waals surface area contributed by atoms with Crippen molar-refractivity contribution >= 4 is 17.5 Å². The number of amides is 2. The van der Waals surface area contributed by atoms with Crippen molar-refractivity contribution in [2.75, 3.05) is 11.9 Å². The molecule has 0 spiro atoms. The number of carbonyl (C=O) groups excluding carboxylic acids is 2. The molecule has 4 bridgehead atoms. The zero-order valence-electron chi connectivity index (χ0n) is 15.7. The second kappa shape index (κ2) is 7.05. The molecule has 0 radical (unpaired) electrons. The van der Waals surface area contributed by atoms with Gasteiger partial charge >= 0.3 is 0 Å². The predicted molar refractivity (Wildman–Crippen MR) is 103 cm³/mol. The molecule has 2 amide bonds. The van der Waals surface area contributed by atoms with E-state index in [-0.39, 0.29) is 17.2 Å². The van der Waals surface area contributed by atoms with E-state index in [9.17, 15) is 9.59 Å². The van der Waals surface area contributed by atoms with E-state index in [4.69, 9.17) is 0 Å². The van der Waals surface area contributed by atoms with E-state index in [0.717, 1.165) is 55.5 Å². The summed E-state index contributed by atoms with van der Waals surface area (Å²) in [6.45, 7) is 2.81. The summed E-state index contributed by atoms with van der Waals surface area (Å²) in [7, 11) is 0. The summed E-state index contributed by atoms with van der Waals surface area (Å²) in [5, 5.41) is 6.07. The van der Waals surface area contributed by atoms with Crippen LogP contribution >= 0.6 is 0 Å². The van der Waals surface area contributed by atoms with E-state index in [1.54, 1.807) is 12.1 Å². The molecule has 4 nitrogen and oxygen atoms in total. The standard InChI is InChI=1S/C22H30N2O2/c1-2-3-8-23-20(25)18-4-6-19(7-5-18)24-21(26)22-12-15-9-16(13-22)11-17(10-15)14-22/h4-7,15-17H,2-3,8-14H2,1H3,(H,23,25)(H,24,26). The lowest BCUT2D eigenvalue weighted by Gasteiger charge is -2.55. The van der Waals surface area contributed by atoms with Gasteiger partial charge in [-0.1, -0.05) is 13.3 Å². The summed E-state index contributed by atoms with van der Waals surface area (Å²) in [6.07, 6.45) is 9.30. The Bertz CT molecular complexity index is 645. The van der Waals surface area contributed by atoms with Gasteiger partial charge in [-0.15, -0.1) is 0 Å². The molecule has 2 N–H and O–H groups in total. The Kier molecular flexibility index (Phi) is 4.76. The number of nitrogens with one attached hydrogen (secondary N) is 2. The van der Waals surface area contributed by atoms with Gasteiger partial charge in [0.05, 0.1) is 5.41 Å². The SMILES string of the molecule is CCCCNC(=O)c1ccc(NC(=O)C23CC4CC(CC(C4)C2)C3)cc1. The molecule has 1 aromatic carbocycles. The number of benzene rings is 1. The molecule has 0 unspecified atom stereocenters. The van der Waals surface area contributed by atoms with Gasteiger partial charge in [0, 0.05) is 17.8 Å². The Hall–Kier alpha value is -1.84. The smallest absolute Gasteiger partial charge is 0.251 e. The van der Waals surface area contributed by atoms with E-state index in [0.29, 0.717) is 12.1 Å². The average Bonchev–Trinajstić information content (AvgIpc) is 2.61. The molecule has 4 aliphatic rings. The van der Waals surface area contributed by atoms with E-state index >= 15 is 0 Å². The largest absolute Gasteiger partial charge is 0.352 e. The highest BCUT2D eigenvalue weighted by Gasteiger charge is 2.54. The van der Waals surface area contributed by atoms with E-state index in [1.165, 1.54) is 19.3 Å². The minimum absolute atomic E-state index is 0.0441. The molecule has 4 heteroatoms. The van der Waals surface area contributed by atoms with Crippen molar-refractivity contribution in [1.82, 2.24) is 5.32 Å². The van der Waals surface area contributed by atoms with Gasteiger partial charge in [-0.2, -0.15) is 0 Å². The number of hydrogen-bond acceptors (Lipinski definition) is 2. The van der Waals surface area contributed by atoms with Gasteiger partial charge in [-0.05, 0) is 87.0 Å². The molecule has 140 valence electrons. The maximum Gasteiger partial charge on any atom is 0.251 e. The van der Waals surface area contributed by atoms with Crippen LogP contribution in [0, 0.1) is 23.2 Å². The summed E-state index contributed by atoms with van der Waals surface area (Å²) in [5.41, 5.74) is 1.31. The zero-order valence-corrected chi connectivity index (χ0v) is 15.7. The minimum atomic E-state index is -0.134. The summed E-state index contributed by atoms with van der Waals surface area (Å²) in [6, 6.07) is 7.31. The van der Waals surface area contributed by atoms with Gasteiger partial charge in [0.15, 0.2) is 0 Å². The van der Waals surface area contributed by atoms with Gasteiger partial charge in [-0.3, -0.25) is 9.59 Å². The number of carbonyl (C=O) groups is 2. The predicted octanol–water partition coefficient (Wildman–Crippen LogP) is 4.37. The maximum absolute atomic E-state index is 13.1. The Morgan fingerprint density at radius 2 is 1.58 bits per heavy atom. The molecule has 4 saturated carbocycles. The molecule has 4 fully saturated rings. The van der Waals surface area contributed by atoms with Crippen LogP contribution in [0.15, 0.2) is 24.3 Å². The van der Waals surface area contributed by atoms with Crippen molar-refractivity contribution < 1.29 is 9.59 Å². The van der Waals surface area contributed by atoms with Crippen LogP contribution < -0.4 is 10.6 Å². The van der Waals surface area contributed by atoms with Crippen LogP contribution in [-0.4, -0.2) is 18.4 Å². The molecule has 0 heterocycles. The maximum atomic E-state index is 13.1. The Morgan fingerprint density at radius 3 is 2.12 bits per heavy atom. The molecule has 0 saturated heterocycles. The molecule has 1 aromatic rings. The molecular formula is C22H30N2O2. The Balaban J connectivity index is 1.38. The first-order valence-electron chi connectivity index (χ1n) is 10.3. The second-order valence-corrected chi connectivity index (χ2v) is 8.84. The first kappa shape index (κ1) is 17.6. The molecule has 0 atom stereocenters. The number of unbranched alkanes of at least 4 members (excludes halogenated alkanes) is 1. The normalized spacial score (nSPS) is 31.7. The van der Waals surface area contributed by atoms with Gasteiger partial charge in [0.25, 0.3) is 5.91 Å². The van der Waals surface area contributed by atoms with E-state index in [1.807, 2.05) is 12.1 Å².